The minimum Gasteiger partial charge on any atom is -0.476 e. The van der Waals surface area contributed by atoms with E-state index >= 15 is 0 Å². The molecule has 0 aliphatic rings. The highest BCUT2D eigenvalue weighted by molar-refractivity contribution is 7.99. The summed E-state index contributed by atoms with van der Waals surface area (Å²) in [7, 11) is 0. The summed E-state index contributed by atoms with van der Waals surface area (Å²) in [5.41, 5.74) is 0.0923. The molecule has 0 bridgehead atoms. The summed E-state index contributed by atoms with van der Waals surface area (Å²) < 4.78 is 1.79. The van der Waals surface area contributed by atoms with Crippen LogP contribution in [0.5, 0.6) is 0 Å². The third kappa shape index (κ3) is 3.35. The minimum absolute atomic E-state index is 0.0923. The molecule has 0 fully saturated rings. The molecule has 2 rings (SSSR count). The van der Waals surface area contributed by atoms with Crippen LogP contribution in [0.4, 0.5) is 0 Å². The molecule has 1 N–H and O–H groups in total. The molecule has 4 nitrogen and oxygen atoms in total. The van der Waals surface area contributed by atoms with Crippen LogP contribution in [0.1, 0.15) is 10.5 Å². The van der Waals surface area contributed by atoms with Gasteiger partial charge in [0.1, 0.15) is 0 Å². The van der Waals surface area contributed by atoms with Crippen molar-refractivity contribution in [3.8, 4) is 0 Å². The third-order valence-electron chi connectivity index (χ3n) is 2.21. The van der Waals surface area contributed by atoms with Gasteiger partial charge in [0.25, 0.3) is 0 Å². The van der Waals surface area contributed by atoms with E-state index in [1.165, 1.54) is 4.90 Å². The van der Waals surface area contributed by atoms with Crippen LogP contribution < -0.4 is 0 Å². The number of thioether (sulfide) groups is 1. The van der Waals surface area contributed by atoms with Gasteiger partial charge in [-0.25, -0.2) is 9.78 Å². The number of hydrogen-bond donors (Lipinski definition) is 1. The van der Waals surface area contributed by atoms with Crippen molar-refractivity contribution in [2.24, 2.45) is 0 Å². The summed E-state index contributed by atoms with van der Waals surface area (Å²) in [5.74, 6) is -0.0983. The molecule has 0 atom stereocenters. The summed E-state index contributed by atoms with van der Waals surface area (Å²) in [6, 6.07) is 10.1. The Morgan fingerprint density at radius 1 is 1.35 bits per heavy atom. The van der Waals surface area contributed by atoms with Gasteiger partial charge in [-0.1, -0.05) is 18.2 Å². The fraction of sp³-hybridized carbons (Fsp3) is 0.167. The molecule has 17 heavy (non-hydrogen) atoms. The second kappa shape index (κ2) is 5.54. The minimum atomic E-state index is -0.987. The van der Waals surface area contributed by atoms with Gasteiger partial charge in [0.05, 0.1) is 6.33 Å². The maximum absolute atomic E-state index is 10.6. The Morgan fingerprint density at radius 3 is 2.76 bits per heavy atom. The summed E-state index contributed by atoms with van der Waals surface area (Å²) in [5, 5.41) is 8.72. The van der Waals surface area contributed by atoms with Crippen molar-refractivity contribution in [2.75, 3.05) is 5.75 Å². The number of nitrogens with zero attached hydrogens (tertiary/aromatic N) is 2. The summed E-state index contributed by atoms with van der Waals surface area (Å²) in [4.78, 5) is 15.6. The van der Waals surface area contributed by atoms with E-state index < -0.39 is 5.97 Å². The third-order valence-corrected chi connectivity index (χ3v) is 3.21. The molecule has 0 radical (unpaired) electrons. The molecular weight excluding hydrogens is 236 g/mol. The van der Waals surface area contributed by atoms with E-state index in [0.717, 1.165) is 12.3 Å². The maximum Gasteiger partial charge on any atom is 0.356 e. The first-order valence-corrected chi connectivity index (χ1v) is 6.17. The number of carboxylic acid groups (broad SMARTS) is 1. The maximum atomic E-state index is 10.6. The SMILES string of the molecule is O=C(O)c1cn(CCSc2ccccc2)cn1. The van der Waals surface area contributed by atoms with Crippen molar-refractivity contribution in [3.63, 3.8) is 0 Å². The molecule has 2 aromatic rings. The summed E-state index contributed by atoms with van der Waals surface area (Å²) in [6.45, 7) is 0.750. The van der Waals surface area contributed by atoms with E-state index in [0.29, 0.717) is 0 Å². The van der Waals surface area contributed by atoms with Crippen molar-refractivity contribution in [3.05, 3.63) is 48.5 Å². The predicted molar refractivity (Wildman–Crippen MR) is 66.4 cm³/mol. The highest BCUT2D eigenvalue weighted by Crippen LogP contribution is 2.16. The highest BCUT2D eigenvalue weighted by atomic mass is 32.2. The van der Waals surface area contributed by atoms with Crippen molar-refractivity contribution < 1.29 is 9.90 Å². The number of aromatic carboxylic acids is 1. The van der Waals surface area contributed by atoms with E-state index in [4.69, 9.17) is 5.11 Å². The van der Waals surface area contributed by atoms with Crippen molar-refractivity contribution in [1.29, 1.82) is 0 Å². The molecule has 0 aliphatic carbocycles. The Hall–Kier alpha value is -1.75. The molecule has 0 amide bonds. The Bertz CT molecular complexity index is 496. The normalized spacial score (nSPS) is 10.4. The summed E-state index contributed by atoms with van der Waals surface area (Å²) in [6.07, 6.45) is 3.10. The number of aryl methyl sites for hydroxylation is 1. The van der Waals surface area contributed by atoms with Crippen LogP contribution in [-0.4, -0.2) is 26.4 Å². The lowest BCUT2D eigenvalue weighted by atomic mass is 10.4. The molecule has 0 unspecified atom stereocenters. The molecule has 1 heterocycles. The number of carbonyl (C=O) groups is 1. The smallest absolute Gasteiger partial charge is 0.356 e. The van der Waals surface area contributed by atoms with Gasteiger partial charge < -0.3 is 9.67 Å². The average molecular weight is 248 g/mol. The molecule has 1 aromatic carbocycles. The van der Waals surface area contributed by atoms with E-state index in [1.54, 1.807) is 28.9 Å². The van der Waals surface area contributed by atoms with Crippen molar-refractivity contribution in [2.45, 2.75) is 11.4 Å². The van der Waals surface area contributed by atoms with Gasteiger partial charge in [-0.05, 0) is 12.1 Å². The average Bonchev–Trinajstić information content (AvgIpc) is 2.79. The largest absolute Gasteiger partial charge is 0.476 e. The van der Waals surface area contributed by atoms with Gasteiger partial charge in [-0.3, -0.25) is 0 Å². The molecule has 1 aromatic heterocycles. The van der Waals surface area contributed by atoms with Crippen LogP contribution >= 0.6 is 11.8 Å². The Kier molecular flexibility index (Phi) is 3.82. The Morgan fingerprint density at radius 2 is 2.12 bits per heavy atom. The molecule has 0 saturated carbocycles. The zero-order valence-electron chi connectivity index (χ0n) is 9.11. The van der Waals surface area contributed by atoms with Gasteiger partial charge in [-0.2, -0.15) is 0 Å². The highest BCUT2D eigenvalue weighted by Gasteiger charge is 2.05. The van der Waals surface area contributed by atoms with Gasteiger partial charge in [0, 0.05) is 23.4 Å². The van der Waals surface area contributed by atoms with Crippen LogP contribution in [-0.2, 0) is 6.54 Å². The second-order valence-corrected chi connectivity index (χ2v) is 4.63. The monoisotopic (exact) mass is 248 g/mol. The summed E-state index contributed by atoms with van der Waals surface area (Å²) >= 11 is 1.74. The van der Waals surface area contributed by atoms with Crippen LogP contribution in [0.3, 0.4) is 0 Å². The lowest BCUT2D eigenvalue weighted by Crippen LogP contribution is -1.98. The lowest BCUT2D eigenvalue weighted by molar-refractivity contribution is 0.0691. The fourth-order valence-electron chi connectivity index (χ4n) is 1.38. The zero-order valence-corrected chi connectivity index (χ0v) is 9.93. The molecule has 5 heteroatoms. The van der Waals surface area contributed by atoms with E-state index in [9.17, 15) is 4.79 Å². The Balaban J connectivity index is 1.84. The number of imidazole rings is 1. The van der Waals surface area contributed by atoms with Gasteiger partial charge in [-0.15, -0.1) is 11.8 Å². The van der Waals surface area contributed by atoms with Gasteiger partial charge in [0.15, 0.2) is 5.69 Å². The second-order valence-electron chi connectivity index (χ2n) is 3.46. The number of rotatable bonds is 5. The van der Waals surface area contributed by atoms with E-state index in [2.05, 4.69) is 17.1 Å². The van der Waals surface area contributed by atoms with E-state index in [1.807, 2.05) is 18.2 Å². The first-order chi connectivity index (χ1) is 8.25. The fourth-order valence-corrected chi connectivity index (χ4v) is 2.27. The quantitative estimate of drug-likeness (QED) is 0.825. The number of benzene rings is 1. The number of carboxylic acids is 1. The van der Waals surface area contributed by atoms with Crippen LogP contribution in [0, 0.1) is 0 Å². The number of hydrogen-bond acceptors (Lipinski definition) is 3. The number of aromatic nitrogens is 2. The molecule has 88 valence electrons. The standard InChI is InChI=1S/C12H12N2O2S/c15-12(16)11-8-14(9-13-11)6-7-17-10-4-2-1-3-5-10/h1-5,8-9H,6-7H2,(H,15,16). The van der Waals surface area contributed by atoms with Crippen LogP contribution in [0.2, 0.25) is 0 Å². The Labute approximate surface area is 103 Å². The topological polar surface area (TPSA) is 55.1 Å². The molecule has 0 aliphatic heterocycles. The van der Waals surface area contributed by atoms with Crippen LogP contribution in [0.25, 0.3) is 0 Å². The first-order valence-electron chi connectivity index (χ1n) is 5.18. The molecule has 0 spiro atoms. The van der Waals surface area contributed by atoms with Crippen molar-refractivity contribution >= 4 is 17.7 Å². The van der Waals surface area contributed by atoms with Crippen molar-refractivity contribution in [1.82, 2.24) is 9.55 Å². The van der Waals surface area contributed by atoms with E-state index in [-0.39, 0.29) is 5.69 Å². The molecule has 0 saturated heterocycles. The zero-order chi connectivity index (χ0) is 12.1. The first kappa shape index (κ1) is 11.7. The molecular formula is C12H12N2O2S. The van der Waals surface area contributed by atoms with Gasteiger partial charge >= 0.3 is 5.97 Å². The lowest BCUT2D eigenvalue weighted by Gasteiger charge is -2.01. The van der Waals surface area contributed by atoms with Gasteiger partial charge in [0.2, 0.25) is 0 Å². The predicted octanol–water partition coefficient (Wildman–Crippen LogP) is 2.37. The van der Waals surface area contributed by atoms with Crippen LogP contribution in [0.15, 0.2) is 47.8 Å².